The minimum Gasteiger partial charge on any atom is -0.481 e. The van der Waals surface area contributed by atoms with Crippen molar-refractivity contribution in [2.24, 2.45) is 11.8 Å². The number of carbonyl (C=O) groups is 3. The van der Waals surface area contributed by atoms with Gasteiger partial charge in [-0.3, -0.25) is 14.4 Å². The van der Waals surface area contributed by atoms with Crippen molar-refractivity contribution >= 4 is 33.7 Å². The fourth-order valence-electron chi connectivity index (χ4n) is 5.41. The van der Waals surface area contributed by atoms with E-state index in [1.54, 1.807) is 11.0 Å². The Hall–Kier alpha value is -1.45. The van der Waals surface area contributed by atoms with E-state index in [0.717, 1.165) is 12.8 Å². The number of ether oxygens (including phenoxy) is 1. The Morgan fingerprint density at radius 3 is 2.70 bits per heavy atom. The Balaban J connectivity index is 2.09. The molecule has 0 aromatic heterocycles. The summed E-state index contributed by atoms with van der Waals surface area (Å²) in [5.41, 5.74) is -1.20. The second-order valence-corrected chi connectivity index (χ2v) is 9.59. The van der Waals surface area contributed by atoms with E-state index in [1.165, 1.54) is 4.90 Å². The number of halogens is 1. The van der Waals surface area contributed by atoms with E-state index in [2.05, 4.69) is 22.5 Å². The second kappa shape index (κ2) is 8.96. The van der Waals surface area contributed by atoms with Gasteiger partial charge in [-0.1, -0.05) is 42.3 Å². The number of aliphatic carboxylic acids is 1. The minimum absolute atomic E-state index is 0.254. The Kier molecular flexibility index (Phi) is 6.94. The SMILES string of the molecule is C=CCN(CCCC)C(=O)[C@@H]1N([C@@H](CC)CO)C(=O)[C@H]2[C@H](C(=O)O)[C@H]3O[C@@]12CC3Br. The molecule has 3 rings (SSSR count). The second-order valence-electron chi connectivity index (χ2n) is 8.42. The summed E-state index contributed by atoms with van der Waals surface area (Å²) in [4.78, 5) is 42.2. The molecule has 2 bridgehead atoms. The molecule has 2 N–H and O–H groups in total. The predicted molar refractivity (Wildman–Crippen MR) is 113 cm³/mol. The average Bonchev–Trinajstić information content (AvgIpc) is 3.30. The van der Waals surface area contributed by atoms with Gasteiger partial charge < -0.3 is 24.7 Å². The molecule has 1 unspecified atom stereocenters. The maximum Gasteiger partial charge on any atom is 0.310 e. The standard InChI is InChI=1S/C21H31BrN2O6/c1-4-7-9-23(8-5-2)19(27)17-21-10-13(22)16(30-21)14(20(28)29)15(21)18(26)24(17)12(6-3)11-25/h5,12-17,25H,2,4,6-11H2,1,3H3,(H,28,29)/t12-,13?,14-,15+,16-,17-,21+/m0/s1. The van der Waals surface area contributed by atoms with Crippen LogP contribution in [0.1, 0.15) is 39.5 Å². The monoisotopic (exact) mass is 486 g/mol. The maximum atomic E-state index is 13.8. The first-order valence-corrected chi connectivity index (χ1v) is 11.6. The van der Waals surface area contributed by atoms with Gasteiger partial charge in [0.05, 0.1) is 30.6 Å². The van der Waals surface area contributed by atoms with Crippen LogP contribution < -0.4 is 0 Å². The molecule has 8 nitrogen and oxygen atoms in total. The van der Waals surface area contributed by atoms with Crippen molar-refractivity contribution in [3.05, 3.63) is 12.7 Å². The number of nitrogens with zero attached hydrogens (tertiary/aromatic N) is 2. The molecule has 0 aromatic rings. The number of fused-ring (bicyclic) bond motifs is 1. The molecule has 1 spiro atoms. The van der Waals surface area contributed by atoms with E-state index in [-0.39, 0.29) is 17.3 Å². The highest BCUT2D eigenvalue weighted by Crippen LogP contribution is 2.60. The molecule has 0 saturated carbocycles. The number of hydrogen-bond acceptors (Lipinski definition) is 5. The smallest absolute Gasteiger partial charge is 0.310 e. The summed E-state index contributed by atoms with van der Waals surface area (Å²) in [6.45, 7) is 8.16. The first kappa shape index (κ1) is 23.2. The van der Waals surface area contributed by atoms with E-state index in [0.29, 0.717) is 25.9 Å². The van der Waals surface area contributed by atoms with E-state index in [1.807, 2.05) is 13.8 Å². The van der Waals surface area contributed by atoms with Gasteiger partial charge in [0, 0.05) is 17.9 Å². The fourth-order valence-corrected chi connectivity index (χ4v) is 6.35. The quantitative estimate of drug-likeness (QED) is 0.357. The molecule has 7 atom stereocenters. The highest BCUT2D eigenvalue weighted by molar-refractivity contribution is 9.09. The molecular weight excluding hydrogens is 456 g/mol. The summed E-state index contributed by atoms with van der Waals surface area (Å²) in [6.07, 6.45) is 3.52. The van der Waals surface area contributed by atoms with Crippen LogP contribution in [0, 0.1) is 11.8 Å². The lowest BCUT2D eigenvalue weighted by atomic mass is 9.70. The first-order valence-electron chi connectivity index (χ1n) is 10.7. The highest BCUT2D eigenvalue weighted by Gasteiger charge is 2.77. The summed E-state index contributed by atoms with van der Waals surface area (Å²) >= 11 is 3.52. The number of aliphatic hydroxyl groups is 1. The summed E-state index contributed by atoms with van der Waals surface area (Å²) in [5.74, 6) is -3.71. The third-order valence-electron chi connectivity index (χ3n) is 6.76. The molecule has 0 aromatic carbocycles. The number of rotatable bonds is 10. The van der Waals surface area contributed by atoms with E-state index >= 15 is 0 Å². The van der Waals surface area contributed by atoms with Crippen molar-refractivity contribution < 1.29 is 29.3 Å². The topological polar surface area (TPSA) is 107 Å². The van der Waals surface area contributed by atoms with Crippen LogP contribution in [-0.4, -0.2) is 86.1 Å². The summed E-state index contributed by atoms with van der Waals surface area (Å²) < 4.78 is 6.23. The fraction of sp³-hybridized carbons (Fsp3) is 0.762. The third kappa shape index (κ3) is 3.39. The van der Waals surface area contributed by atoms with Crippen LogP contribution in [0.2, 0.25) is 0 Å². The molecule has 0 radical (unpaired) electrons. The van der Waals surface area contributed by atoms with Crippen molar-refractivity contribution in [3.8, 4) is 0 Å². The molecule has 3 fully saturated rings. The van der Waals surface area contributed by atoms with Crippen molar-refractivity contribution in [2.45, 2.75) is 68.1 Å². The number of amides is 2. The van der Waals surface area contributed by atoms with Gasteiger partial charge in [-0.05, 0) is 19.3 Å². The van der Waals surface area contributed by atoms with Gasteiger partial charge in [0.2, 0.25) is 11.8 Å². The van der Waals surface area contributed by atoms with Crippen LogP contribution in [0.5, 0.6) is 0 Å². The normalized spacial score (nSPS) is 35.4. The number of carbonyl (C=O) groups excluding carboxylic acids is 2. The molecule has 3 aliphatic rings. The molecule has 3 aliphatic heterocycles. The highest BCUT2D eigenvalue weighted by atomic mass is 79.9. The molecule has 3 saturated heterocycles. The first-order chi connectivity index (χ1) is 14.3. The van der Waals surface area contributed by atoms with Gasteiger partial charge in [-0.15, -0.1) is 6.58 Å². The molecule has 3 heterocycles. The van der Waals surface area contributed by atoms with Crippen molar-refractivity contribution in [2.75, 3.05) is 19.7 Å². The van der Waals surface area contributed by atoms with Gasteiger partial charge in [0.25, 0.3) is 0 Å². The van der Waals surface area contributed by atoms with Crippen LogP contribution in [0.4, 0.5) is 0 Å². The van der Waals surface area contributed by atoms with E-state index in [4.69, 9.17) is 4.74 Å². The predicted octanol–water partition coefficient (Wildman–Crippen LogP) is 1.40. The number of unbranched alkanes of at least 4 members (excludes halogenated alkanes) is 1. The molecule has 0 aliphatic carbocycles. The number of carboxylic acids is 1. The van der Waals surface area contributed by atoms with Crippen LogP contribution in [-0.2, 0) is 19.1 Å². The minimum atomic E-state index is -1.20. The number of carboxylic acid groups (broad SMARTS) is 1. The lowest BCUT2D eigenvalue weighted by Gasteiger charge is -2.39. The zero-order chi connectivity index (χ0) is 22.2. The van der Waals surface area contributed by atoms with Gasteiger partial charge in [0.1, 0.15) is 11.6 Å². The molecule has 2 amide bonds. The molecule has 168 valence electrons. The van der Waals surface area contributed by atoms with Crippen molar-refractivity contribution in [1.82, 2.24) is 9.80 Å². The lowest BCUT2D eigenvalue weighted by molar-refractivity contribution is -0.153. The summed E-state index contributed by atoms with van der Waals surface area (Å²) in [5, 5.41) is 19.8. The van der Waals surface area contributed by atoms with Crippen LogP contribution in [0.15, 0.2) is 12.7 Å². The Morgan fingerprint density at radius 2 is 2.17 bits per heavy atom. The maximum absolute atomic E-state index is 13.8. The van der Waals surface area contributed by atoms with Gasteiger partial charge >= 0.3 is 5.97 Å². The van der Waals surface area contributed by atoms with Gasteiger partial charge in [-0.25, -0.2) is 0 Å². The summed E-state index contributed by atoms with van der Waals surface area (Å²) in [7, 11) is 0. The Labute approximate surface area is 185 Å². The van der Waals surface area contributed by atoms with Crippen molar-refractivity contribution in [3.63, 3.8) is 0 Å². The number of likely N-dealkylation sites (tertiary alicyclic amines) is 1. The van der Waals surface area contributed by atoms with Crippen LogP contribution >= 0.6 is 15.9 Å². The summed E-state index contributed by atoms with van der Waals surface area (Å²) in [6, 6.07) is -1.53. The Bertz CT molecular complexity index is 714. The van der Waals surface area contributed by atoms with Crippen LogP contribution in [0.3, 0.4) is 0 Å². The van der Waals surface area contributed by atoms with Gasteiger partial charge in [-0.2, -0.15) is 0 Å². The third-order valence-corrected chi connectivity index (χ3v) is 7.61. The number of hydrogen-bond donors (Lipinski definition) is 2. The number of alkyl halides is 1. The van der Waals surface area contributed by atoms with Gasteiger partial charge in [0.15, 0.2) is 0 Å². The Morgan fingerprint density at radius 1 is 1.47 bits per heavy atom. The zero-order valence-corrected chi connectivity index (χ0v) is 19.1. The molecule has 30 heavy (non-hydrogen) atoms. The molecule has 9 heteroatoms. The van der Waals surface area contributed by atoms with E-state index < -0.39 is 47.5 Å². The average molecular weight is 487 g/mol. The lowest BCUT2D eigenvalue weighted by Crippen LogP contribution is -2.59. The zero-order valence-electron chi connectivity index (χ0n) is 17.5. The molecular formula is C21H31BrN2O6. The largest absolute Gasteiger partial charge is 0.481 e. The van der Waals surface area contributed by atoms with E-state index in [9.17, 15) is 24.6 Å². The van der Waals surface area contributed by atoms with Crippen molar-refractivity contribution in [1.29, 1.82) is 0 Å². The number of aliphatic hydroxyl groups excluding tert-OH is 1. The van der Waals surface area contributed by atoms with Crippen LogP contribution in [0.25, 0.3) is 0 Å².